The minimum atomic E-state index is 0.00927. The average molecular weight is 326 g/mol. The Kier molecular flexibility index (Phi) is 4.99. The minimum absolute atomic E-state index is 0.00927. The molecule has 1 aliphatic rings. The van der Waals surface area contributed by atoms with Crippen molar-refractivity contribution in [2.75, 3.05) is 13.2 Å². The molecule has 1 fully saturated rings. The first-order valence-electron chi connectivity index (χ1n) is 6.76. The van der Waals surface area contributed by atoms with Crippen molar-refractivity contribution in [2.24, 2.45) is 5.92 Å². The largest absolute Gasteiger partial charge is 0.394 e. The van der Waals surface area contributed by atoms with Crippen LogP contribution in [0.2, 0.25) is 0 Å². The molecule has 4 heteroatoms. The molecule has 19 heavy (non-hydrogen) atoms. The summed E-state index contributed by atoms with van der Waals surface area (Å²) >= 11 is 3.44. The first kappa shape index (κ1) is 14.5. The second-order valence-electron chi connectivity index (χ2n) is 5.23. The number of halogens is 1. The van der Waals surface area contributed by atoms with Crippen LogP contribution in [0.5, 0.6) is 0 Å². The van der Waals surface area contributed by atoms with Crippen molar-refractivity contribution < 1.29 is 9.90 Å². The number of hydrogen-bond acceptors (Lipinski definition) is 2. The Bertz CT molecular complexity index is 450. The number of aryl methyl sites for hydroxylation is 1. The van der Waals surface area contributed by atoms with E-state index in [1.165, 1.54) is 0 Å². The Morgan fingerprint density at radius 3 is 3.00 bits per heavy atom. The highest BCUT2D eigenvalue weighted by Crippen LogP contribution is 2.24. The summed E-state index contributed by atoms with van der Waals surface area (Å²) in [5, 5.41) is 9.38. The number of hydrogen-bond donors (Lipinski definition) is 1. The molecule has 3 nitrogen and oxygen atoms in total. The van der Waals surface area contributed by atoms with Crippen molar-refractivity contribution >= 4 is 21.8 Å². The van der Waals surface area contributed by atoms with Gasteiger partial charge in [0, 0.05) is 17.4 Å². The number of likely N-dealkylation sites (tertiary alicyclic amines) is 1. The van der Waals surface area contributed by atoms with E-state index in [0.717, 1.165) is 29.4 Å². The molecule has 1 heterocycles. The minimum Gasteiger partial charge on any atom is -0.394 e. The fourth-order valence-electron chi connectivity index (χ4n) is 2.68. The summed E-state index contributed by atoms with van der Waals surface area (Å²) in [5.74, 6) is 0.559. The van der Waals surface area contributed by atoms with Gasteiger partial charge in [-0.15, -0.1) is 0 Å². The van der Waals surface area contributed by atoms with E-state index < -0.39 is 0 Å². The van der Waals surface area contributed by atoms with Crippen LogP contribution < -0.4 is 0 Å². The van der Waals surface area contributed by atoms with Gasteiger partial charge in [-0.05, 0) is 36.5 Å². The molecule has 2 unspecified atom stereocenters. The third-order valence-corrected chi connectivity index (χ3v) is 4.40. The SMILES string of the molecule is CC1CCN(C(=O)CCc2cccc(Br)c2)C1CO. The van der Waals surface area contributed by atoms with Crippen LogP contribution in [0, 0.1) is 5.92 Å². The zero-order valence-electron chi connectivity index (χ0n) is 11.2. The number of benzene rings is 1. The van der Waals surface area contributed by atoms with Crippen molar-refractivity contribution in [1.82, 2.24) is 4.90 Å². The number of amides is 1. The van der Waals surface area contributed by atoms with E-state index in [2.05, 4.69) is 22.9 Å². The lowest BCUT2D eigenvalue weighted by Gasteiger charge is -2.25. The Morgan fingerprint density at radius 1 is 1.53 bits per heavy atom. The Balaban J connectivity index is 1.91. The van der Waals surface area contributed by atoms with Crippen molar-refractivity contribution in [3.05, 3.63) is 34.3 Å². The maximum absolute atomic E-state index is 12.2. The summed E-state index contributed by atoms with van der Waals surface area (Å²) in [7, 11) is 0. The van der Waals surface area contributed by atoms with Crippen molar-refractivity contribution in [1.29, 1.82) is 0 Å². The molecule has 0 spiro atoms. The molecule has 2 atom stereocenters. The van der Waals surface area contributed by atoms with Gasteiger partial charge in [-0.25, -0.2) is 0 Å². The van der Waals surface area contributed by atoms with Crippen LogP contribution in [0.15, 0.2) is 28.7 Å². The van der Waals surface area contributed by atoms with Gasteiger partial charge in [-0.1, -0.05) is 35.0 Å². The van der Waals surface area contributed by atoms with Gasteiger partial charge < -0.3 is 10.0 Å². The lowest BCUT2D eigenvalue weighted by molar-refractivity contribution is -0.133. The van der Waals surface area contributed by atoms with Crippen LogP contribution in [-0.2, 0) is 11.2 Å². The summed E-state index contributed by atoms with van der Waals surface area (Å²) in [6, 6.07) is 8.06. The average Bonchev–Trinajstić information content (AvgIpc) is 2.77. The van der Waals surface area contributed by atoms with E-state index in [1.54, 1.807) is 0 Å². The van der Waals surface area contributed by atoms with E-state index in [-0.39, 0.29) is 18.6 Å². The predicted molar refractivity (Wildman–Crippen MR) is 78.8 cm³/mol. The van der Waals surface area contributed by atoms with E-state index in [9.17, 15) is 9.90 Å². The van der Waals surface area contributed by atoms with Crippen molar-refractivity contribution in [2.45, 2.75) is 32.2 Å². The third kappa shape index (κ3) is 3.57. The molecule has 0 bridgehead atoms. The maximum atomic E-state index is 12.2. The van der Waals surface area contributed by atoms with Gasteiger partial charge in [0.1, 0.15) is 0 Å². The van der Waals surface area contributed by atoms with Gasteiger partial charge in [0.15, 0.2) is 0 Å². The molecule has 0 aliphatic carbocycles. The highest BCUT2D eigenvalue weighted by Gasteiger charge is 2.33. The Labute approximate surface area is 122 Å². The quantitative estimate of drug-likeness (QED) is 0.924. The predicted octanol–water partition coefficient (Wildman–Crippen LogP) is 2.61. The summed E-state index contributed by atoms with van der Waals surface area (Å²) < 4.78 is 1.04. The molecule has 0 aromatic heterocycles. The molecule has 1 aliphatic heterocycles. The van der Waals surface area contributed by atoms with Gasteiger partial charge in [-0.3, -0.25) is 4.79 Å². The zero-order chi connectivity index (χ0) is 13.8. The molecule has 2 rings (SSSR count). The second-order valence-corrected chi connectivity index (χ2v) is 6.15. The molecule has 0 radical (unpaired) electrons. The molecule has 1 aromatic carbocycles. The highest BCUT2D eigenvalue weighted by atomic mass is 79.9. The number of nitrogens with zero attached hydrogens (tertiary/aromatic N) is 1. The highest BCUT2D eigenvalue weighted by molar-refractivity contribution is 9.10. The number of aliphatic hydroxyl groups excluding tert-OH is 1. The molecular formula is C15H20BrNO2. The molecular weight excluding hydrogens is 306 g/mol. The molecule has 1 saturated heterocycles. The van der Waals surface area contributed by atoms with Gasteiger partial charge in [0.05, 0.1) is 12.6 Å². The van der Waals surface area contributed by atoms with Crippen molar-refractivity contribution in [3.63, 3.8) is 0 Å². The second kappa shape index (κ2) is 6.53. The number of aliphatic hydroxyl groups is 1. The lowest BCUT2D eigenvalue weighted by atomic mass is 10.0. The van der Waals surface area contributed by atoms with E-state index in [4.69, 9.17) is 0 Å². The van der Waals surface area contributed by atoms with Crippen LogP contribution in [0.1, 0.15) is 25.3 Å². The number of rotatable bonds is 4. The van der Waals surface area contributed by atoms with Gasteiger partial charge >= 0.3 is 0 Å². The normalized spacial score (nSPS) is 22.8. The van der Waals surface area contributed by atoms with E-state index in [0.29, 0.717) is 12.3 Å². The smallest absolute Gasteiger partial charge is 0.223 e. The molecule has 1 N–H and O–H groups in total. The van der Waals surface area contributed by atoms with Crippen LogP contribution in [0.4, 0.5) is 0 Å². The maximum Gasteiger partial charge on any atom is 0.223 e. The summed E-state index contributed by atoms with van der Waals surface area (Å²) in [6.07, 6.45) is 2.26. The lowest BCUT2D eigenvalue weighted by Crippen LogP contribution is -2.39. The first-order chi connectivity index (χ1) is 9.11. The third-order valence-electron chi connectivity index (χ3n) is 3.91. The van der Waals surface area contributed by atoms with Gasteiger partial charge in [0.25, 0.3) is 0 Å². The van der Waals surface area contributed by atoms with E-state index in [1.807, 2.05) is 29.2 Å². The number of carbonyl (C=O) groups is 1. The van der Waals surface area contributed by atoms with Gasteiger partial charge in [-0.2, -0.15) is 0 Å². The van der Waals surface area contributed by atoms with Crippen LogP contribution in [0.25, 0.3) is 0 Å². The Morgan fingerprint density at radius 2 is 2.32 bits per heavy atom. The summed E-state index contributed by atoms with van der Waals surface area (Å²) in [6.45, 7) is 2.95. The van der Waals surface area contributed by atoms with Crippen LogP contribution >= 0.6 is 15.9 Å². The zero-order valence-corrected chi connectivity index (χ0v) is 12.8. The van der Waals surface area contributed by atoms with Crippen molar-refractivity contribution in [3.8, 4) is 0 Å². The molecule has 0 saturated carbocycles. The number of carbonyl (C=O) groups excluding carboxylic acids is 1. The first-order valence-corrected chi connectivity index (χ1v) is 7.56. The molecule has 104 valence electrons. The van der Waals surface area contributed by atoms with Crippen LogP contribution in [0.3, 0.4) is 0 Å². The van der Waals surface area contributed by atoms with Gasteiger partial charge in [0.2, 0.25) is 5.91 Å². The van der Waals surface area contributed by atoms with Crippen LogP contribution in [-0.4, -0.2) is 35.1 Å². The Hall–Kier alpha value is -0.870. The fraction of sp³-hybridized carbons (Fsp3) is 0.533. The summed E-state index contributed by atoms with van der Waals surface area (Å²) in [4.78, 5) is 14.1. The van der Waals surface area contributed by atoms with E-state index >= 15 is 0 Å². The standard InChI is InChI=1S/C15H20BrNO2/c1-11-7-8-17(14(11)10-18)15(19)6-5-12-3-2-4-13(16)9-12/h2-4,9,11,14,18H,5-8,10H2,1H3. The molecule has 1 amide bonds. The molecule has 1 aromatic rings. The monoisotopic (exact) mass is 325 g/mol. The summed E-state index contributed by atoms with van der Waals surface area (Å²) in [5.41, 5.74) is 1.16. The topological polar surface area (TPSA) is 40.5 Å². The fourth-order valence-corrected chi connectivity index (χ4v) is 3.13.